The summed E-state index contributed by atoms with van der Waals surface area (Å²) in [5.41, 5.74) is 2.61. The van der Waals surface area contributed by atoms with Crippen LogP contribution in [0.5, 0.6) is 5.75 Å². The van der Waals surface area contributed by atoms with E-state index in [1.807, 2.05) is 48.2 Å². The average Bonchev–Trinajstić information content (AvgIpc) is 3.12. The van der Waals surface area contributed by atoms with Crippen LogP contribution >= 0.6 is 0 Å². The smallest absolute Gasteiger partial charge is 0.163 e. The van der Waals surface area contributed by atoms with E-state index in [0.717, 1.165) is 11.3 Å². The molecule has 2 atom stereocenters. The molecule has 0 aromatic heterocycles. The van der Waals surface area contributed by atoms with Crippen molar-refractivity contribution in [1.29, 1.82) is 0 Å². The molecule has 2 aromatic rings. The van der Waals surface area contributed by atoms with E-state index in [0.29, 0.717) is 24.3 Å². The molecule has 8 heteroatoms. The molecule has 0 aliphatic carbocycles. The van der Waals surface area contributed by atoms with Gasteiger partial charge >= 0.3 is 0 Å². The van der Waals surface area contributed by atoms with Gasteiger partial charge in [0.05, 0.1) is 17.1 Å². The van der Waals surface area contributed by atoms with Crippen LogP contribution in [0.4, 0.5) is 5.69 Å². The van der Waals surface area contributed by atoms with Gasteiger partial charge in [0.15, 0.2) is 15.6 Å². The molecule has 2 unspecified atom stereocenters. The third-order valence-electron chi connectivity index (χ3n) is 5.71. The Hall–Kier alpha value is -2.42. The number of nitrogens with zero attached hydrogens (tertiary/aromatic N) is 2. The summed E-state index contributed by atoms with van der Waals surface area (Å²) in [5, 5.41) is 10.7. The molecule has 32 heavy (non-hydrogen) atoms. The van der Waals surface area contributed by atoms with Crippen molar-refractivity contribution in [2.45, 2.75) is 32.0 Å². The molecular weight excluding hydrogens is 428 g/mol. The molecule has 1 aliphatic rings. The van der Waals surface area contributed by atoms with Gasteiger partial charge in [0, 0.05) is 38.9 Å². The number of carbonyl (C=O) groups excluding carboxylic acids is 1. The highest BCUT2D eigenvalue weighted by atomic mass is 32.2. The number of ketones is 1. The largest absolute Gasteiger partial charge is 0.490 e. The van der Waals surface area contributed by atoms with Gasteiger partial charge in [0.2, 0.25) is 0 Å². The first-order valence-corrected chi connectivity index (χ1v) is 12.6. The van der Waals surface area contributed by atoms with Crippen molar-refractivity contribution < 1.29 is 23.1 Å². The van der Waals surface area contributed by atoms with Crippen LogP contribution in [0.2, 0.25) is 0 Å². The predicted molar refractivity (Wildman–Crippen MR) is 126 cm³/mol. The van der Waals surface area contributed by atoms with Gasteiger partial charge in [-0.05, 0) is 43.2 Å². The van der Waals surface area contributed by atoms with Crippen LogP contribution in [0.25, 0.3) is 0 Å². The SMILES string of the molecule is CC(=O)c1ccccc1OCC(O)CN(Cc1ccc(N(C)C)cc1)C1CCS(=O)(=O)C1. The van der Waals surface area contributed by atoms with Crippen LogP contribution in [0.15, 0.2) is 48.5 Å². The summed E-state index contributed by atoms with van der Waals surface area (Å²) in [4.78, 5) is 15.8. The minimum atomic E-state index is -3.06. The third-order valence-corrected chi connectivity index (χ3v) is 7.46. The van der Waals surface area contributed by atoms with Crippen LogP contribution < -0.4 is 9.64 Å². The van der Waals surface area contributed by atoms with Gasteiger partial charge in [0.1, 0.15) is 18.5 Å². The first-order chi connectivity index (χ1) is 15.1. The summed E-state index contributed by atoms with van der Waals surface area (Å²) >= 11 is 0. The fourth-order valence-electron chi connectivity index (χ4n) is 3.93. The summed E-state index contributed by atoms with van der Waals surface area (Å²) in [6, 6.07) is 14.9. The maximum absolute atomic E-state index is 12.1. The van der Waals surface area contributed by atoms with Gasteiger partial charge in [-0.25, -0.2) is 8.42 Å². The monoisotopic (exact) mass is 460 g/mol. The van der Waals surface area contributed by atoms with Crippen molar-refractivity contribution in [1.82, 2.24) is 4.90 Å². The Balaban J connectivity index is 1.68. The number of Topliss-reactive ketones (excluding diaryl/α,β-unsaturated/α-hetero) is 1. The second-order valence-electron chi connectivity index (χ2n) is 8.56. The number of aliphatic hydroxyl groups is 1. The zero-order chi connectivity index (χ0) is 23.3. The highest BCUT2D eigenvalue weighted by Gasteiger charge is 2.33. The second kappa shape index (κ2) is 10.5. The van der Waals surface area contributed by atoms with Crippen molar-refractivity contribution in [3.8, 4) is 5.75 Å². The van der Waals surface area contributed by atoms with Crippen molar-refractivity contribution in [2.75, 3.05) is 43.7 Å². The van der Waals surface area contributed by atoms with Gasteiger partial charge in [-0.2, -0.15) is 0 Å². The highest BCUT2D eigenvalue weighted by Crippen LogP contribution is 2.23. The van der Waals surface area contributed by atoms with Crippen LogP contribution in [0.3, 0.4) is 0 Å². The molecule has 0 saturated carbocycles. The molecule has 1 aliphatic heterocycles. The number of ether oxygens (including phenoxy) is 1. The molecular formula is C24H32N2O5S. The Kier molecular flexibility index (Phi) is 7.92. The number of benzene rings is 2. The van der Waals surface area contributed by atoms with Crippen LogP contribution in [0.1, 0.15) is 29.3 Å². The summed E-state index contributed by atoms with van der Waals surface area (Å²) in [6.07, 6.45) is -0.279. The molecule has 0 radical (unpaired) electrons. The average molecular weight is 461 g/mol. The van der Waals surface area contributed by atoms with Crippen LogP contribution in [-0.2, 0) is 16.4 Å². The quantitative estimate of drug-likeness (QED) is 0.545. The number of aliphatic hydroxyl groups excluding tert-OH is 1. The first-order valence-electron chi connectivity index (χ1n) is 10.8. The van der Waals surface area contributed by atoms with E-state index >= 15 is 0 Å². The lowest BCUT2D eigenvalue weighted by atomic mass is 10.1. The van der Waals surface area contributed by atoms with Gasteiger partial charge < -0.3 is 14.7 Å². The van der Waals surface area contributed by atoms with Gasteiger partial charge in [0.25, 0.3) is 0 Å². The summed E-state index contributed by atoms with van der Waals surface area (Å²) < 4.78 is 29.9. The molecule has 0 amide bonds. The fourth-order valence-corrected chi connectivity index (χ4v) is 5.69. The molecule has 0 spiro atoms. The Morgan fingerprint density at radius 2 is 1.84 bits per heavy atom. The van der Waals surface area contributed by atoms with Crippen molar-refractivity contribution in [2.24, 2.45) is 0 Å². The molecule has 0 bridgehead atoms. The topological polar surface area (TPSA) is 87.2 Å². The predicted octanol–water partition coefficient (Wildman–Crippen LogP) is 2.38. The number of sulfone groups is 1. The number of para-hydroxylation sites is 1. The molecule has 174 valence electrons. The molecule has 1 heterocycles. The van der Waals surface area contributed by atoms with E-state index in [1.165, 1.54) is 6.92 Å². The molecule has 3 rings (SSSR count). The minimum Gasteiger partial charge on any atom is -0.490 e. The highest BCUT2D eigenvalue weighted by molar-refractivity contribution is 7.91. The normalized spacial score (nSPS) is 18.5. The third kappa shape index (κ3) is 6.54. The maximum atomic E-state index is 12.1. The van der Waals surface area contributed by atoms with Crippen molar-refractivity contribution >= 4 is 21.3 Å². The van der Waals surface area contributed by atoms with Gasteiger partial charge in [-0.15, -0.1) is 0 Å². The maximum Gasteiger partial charge on any atom is 0.163 e. The lowest BCUT2D eigenvalue weighted by Gasteiger charge is -2.30. The van der Waals surface area contributed by atoms with Crippen molar-refractivity contribution in [3.63, 3.8) is 0 Å². The Morgan fingerprint density at radius 3 is 2.44 bits per heavy atom. The zero-order valence-corrected chi connectivity index (χ0v) is 19.7. The number of rotatable bonds is 10. The van der Waals surface area contributed by atoms with Gasteiger partial charge in [-0.3, -0.25) is 9.69 Å². The van der Waals surface area contributed by atoms with E-state index in [2.05, 4.69) is 0 Å². The van der Waals surface area contributed by atoms with E-state index in [4.69, 9.17) is 4.74 Å². The lowest BCUT2D eigenvalue weighted by Crippen LogP contribution is -2.42. The Morgan fingerprint density at radius 1 is 1.16 bits per heavy atom. The summed E-state index contributed by atoms with van der Waals surface area (Å²) in [5.74, 6) is 0.609. The van der Waals surface area contributed by atoms with E-state index < -0.39 is 15.9 Å². The number of carbonyl (C=O) groups is 1. The van der Waals surface area contributed by atoms with Crippen molar-refractivity contribution in [3.05, 3.63) is 59.7 Å². The van der Waals surface area contributed by atoms with Gasteiger partial charge in [-0.1, -0.05) is 24.3 Å². The number of hydrogen-bond acceptors (Lipinski definition) is 7. The summed E-state index contributed by atoms with van der Waals surface area (Å²) in [7, 11) is 0.899. The van der Waals surface area contributed by atoms with E-state index in [9.17, 15) is 18.3 Å². The second-order valence-corrected chi connectivity index (χ2v) is 10.8. The first kappa shape index (κ1) is 24.2. The van der Waals surface area contributed by atoms with E-state index in [-0.39, 0.29) is 36.5 Å². The molecule has 2 aromatic carbocycles. The Labute approximate surface area is 190 Å². The van der Waals surface area contributed by atoms with Crippen LogP contribution in [0, 0.1) is 0 Å². The number of hydrogen-bond donors (Lipinski definition) is 1. The molecule has 1 N–H and O–H groups in total. The standard InChI is InChI=1S/C24H32N2O5S/c1-18(27)23-6-4-5-7-24(23)31-16-22(28)15-26(21-12-13-32(29,30)17-21)14-19-8-10-20(11-9-19)25(2)3/h4-11,21-22,28H,12-17H2,1-3H3. The number of anilines is 1. The molecule has 7 nitrogen and oxygen atoms in total. The van der Waals surface area contributed by atoms with E-state index in [1.54, 1.807) is 24.3 Å². The Bertz CT molecular complexity index is 1020. The summed E-state index contributed by atoms with van der Waals surface area (Å²) in [6.45, 7) is 2.30. The molecule has 1 fully saturated rings. The lowest BCUT2D eigenvalue weighted by molar-refractivity contribution is 0.0520. The minimum absolute atomic E-state index is 0.0137. The van der Waals surface area contributed by atoms with Crippen LogP contribution in [-0.4, -0.2) is 75.1 Å². The zero-order valence-electron chi connectivity index (χ0n) is 18.9. The molecule has 1 saturated heterocycles. The fraction of sp³-hybridized carbons (Fsp3) is 0.458.